The fourth-order valence-corrected chi connectivity index (χ4v) is 1.27. The van der Waals surface area contributed by atoms with Gasteiger partial charge in [-0.2, -0.15) is 13.2 Å². The second-order valence-electron chi connectivity index (χ2n) is 2.68. The quantitative estimate of drug-likeness (QED) is 0.768. The minimum atomic E-state index is -5.12. The van der Waals surface area contributed by atoms with Crippen molar-refractivity contribution in [3.63, 3.8) is 0 Å². The van der Waals surface area contributed by atoms with Crippen LogP contribution < -0.4 is 0 Å². The Morgan fingerprint density at radius 3 is 2.14 bits per heavy atom. The van der Waals surface area contributed by atoms with Crippen molar-refractivity contribution in [2.75, 3.05) is 0 Å². The molecule has 0 heterocycles. The van der Waals surface area contributed by atoms with Crippen molar-refractivity contribution in [3.8, 4) is 0 Å². The fourth-order valence-electron chi connectivity index (χ4n) is 0.869. The van der Waals surface area contributed by atoms with Crippen LogP contribution in [0.25, 0.3) is 0 Å². The van der Waals surface area contributed by atoms with E-state index in [0.717, 1.165) is 12.1 Å². The second-order valence-corrected chi connectivity index (χ2v) is 3.60. The number of rotatable bonds is 1. The number of hydrogen-bond acceptors (Lipinski definition) is 2. The van der Waals surface area contributed by atoms with Crippen molar-refractivity contribution in [2.24, 2.45) is 0 Å². The summed E-state index contributed by atoms with van der Waals surface area (Å²) in [4.78, 5) is 0. The second kappa shape index (κ2) is 3.52. The van der Waals surface area contributed by atoms with Crippen LogP contribution >= 0.6 is 15.9 Å². The molecule has 0 aromatic heterocycles. The number of halogens is 4. The first kappa shape index (κ1) is 11.5. The van der Waals surface area contributed by atoms with Gasteiger partial charge in [-0.15, -0.1) is 0 Å². The molecule has 78 valence electrons. The van der Waals surface area contributed by atoms with Gasteiger partial charge < -0.3 is 10.2 Å². The highest BCUT2D eigenvalue weighted by molar-refractivity contribution is 9.10. The Kier molecular flexibility index (Phi) is 2.89. The van der Waals surface area contributed by atoms with Crippen LogP contribution in [0, 0.1) is 0 Å². The fraction of sp³-hybridized carbons (Fsp3) is 0.250. The zero-order valence-electron chi connectivity index (χ0n) is 6.72. The van der Waals surface area contributed by atoms with Gasteiger partial charge >= 0.3 is 6.18 Å². The molecule has 0 spiro atoms. The molecule has 0 fully saturated rings. The number of aliphatic hydroxyl groups is 2. The molecule has 0 amide bonds. The van der Waals surface area contributed by atoms with E-state index in [0.29, 0.717) is 4.47 Å². The first-order valence-electron chi connectivity index (χ1n) is 3.52. The average molecular weight is 271 g/mol. The van der Waals surface area contributed by atoms with Gasteiger partial charge in [-0.05, 0) is 12.1 Å². The highest BCUT2D eigenvalue weighted by atomic mass is 79.9. The van der Waals surface area contributed by atoms with Crippen molar-refractivity contribution >= 4 is 15.9 Å². The summed E-state index contributed by atoms with van der Waals surface area (Å²) < 4.78 is 36.7. The van der Waals surface area contributed by atoms with E-state index in [-0.39, 0.29) is 0 Å². The maximum absolute atomic E-state index is 12.1. The van der Waals surface area contributed by atoms with Gasteiger partial charge in [-0.25, -0.2) is 0 Å². The summed E-state index contributed by atoms with van der Waals surface area (Å²) in [5.74, 6) is -3.81. The van der Waals surface area contributed by atoms with E-state index in [1.807, 2.05) is 0 Å². The Balaban J connectivity index is 3.16. The molecular formula is C8H6BrF3O2. The van der Waals surface area contributed by atoms with Gasteiger partial charge in [-0.1, -0.05) is 28.1 Å². The average Bonchev–Trinajstić information content (AvgIpc) is 2.02. The van der Waals surface area contributed by atoms with Crippen molar-refractivity contribution in [2.45, 2.75) is 12.0 Å². The molecule has 0 unspecified atom stereocenters. The lowest BCUT2D eigenvalue weighted by atomic mass is 10.1. The number of hydrogen-bond donors (Lipinski definition) is 2. The SMILES string of the molecule is OC(O)(c1cccc(Br)c1)C(F)(F)F. The molecular weight excluding hydrogens is 265 g/mol. The molecule has 14 heavy (non-hydrogen) atoms. The summed E-state index contributed by atoms with van der Waals surface area (Å²) >= 11 is 2.93. The molecule has 0 atom stereocenters. The van der Waals surface area contributed by atoms with E-state index < -0.39 is 17.5 Å². The number of benzene rings is 1. The maximum Gasteiger partial charge on any atom is 0.447 e. The molecule has 0 saturated carbocycles. The summed E-state index contributed by atoms with van der Waals surface area (Å²) in [5.41, 5.74) is -0.626. The summed E-state index contributed by atoms with van der Waals surface area (Å²) in [7, 11) is 0. The predicted octanol–water partition coefficient (Wildman–Crippen LogP) is 2.15. The molecule has 0 radical (unpaired) electrons. The van der Waals surface area contributed by atoms with Crippen LogP contribution in [0.3, 0.4) is 0 Å². The molecule has 2 N–H and O–H groups in total. The molecule has 0 aliphatic rings. The third-order valence-electron chi connectivity index (χ3n) is 1.62. The Hall–Kier alpha value is -0.590. The number of alkyl halides is 3. The zero-order valence-corrected chi connectivity index (χ0v) is 8.30. The molecule has 1 aromatic rings. The topological polar surface area (TPSA) is 40.5 Å². The lowest BCUT2D eigenvalue weighted by molar-refractivity contribution is -0.358. The largest absolute Gasteiger partial charge is 0.447 e. The van der Waals surface area contributed by atoms with Crippen molar-refractivity contribution in [3.05, 3.63) is 34.3 Å². The van der Waals surface area contributed by atoms with Gasteiger partial charge in [0.15, 0.2) is 0 Å². The molecule has 0 aliphatic carbocycles. The molecule has 0 saturated heterocycles. The van der Waals surface area contributed by atoms with Gasteiger partial charge in [0.1, 0.15) is 0 Å². The van der Waals surface area contributed by atoms with Crippen molar-refractivity contribution < 1.29 is 23.4 Å². The lowest BCUT2D eigenvalue weighted by Crippen LogP contribution is -2.41. The summed E-state index contributed by atoms with van der Waals surface area (Å²) in [6, 6.07) is 4.74. The van der Waals surface area contributed by atoms with E-state index in [9.17, 15) is 13.2 Å². The van der Waals surface area contributed by atoms with Crippen LogP contribution in [0.5, 0.6) is 0 Å². The van der Waals surface area contributed by atoms with E-state index in [4.69, 9.17) is 10.2 Å². The minimum Gasteiger partial charge on any atom is -0.355 e. The summed E-state index contributed by atoms with van der Waals surface area (Å²) in [6.07, 6.45) is -5.12. The van der Waals surface area contributed by atoms with Crippen LogP contribution in [-0.2, 0) is 5.79 Å². The van der Waals surface area contributed by atoms with Crippen molar-refractivity contribution in [1.82, 2.24) is 0 Å². The Morgan fingerprint density at radius 1 is 1.14 bits per heavy atom. The molecule has 1 rings (SSSR count). The first-order valence-corrected chi connectivity index (χ1v) is 4.32. The standard InChI is InChI=1S/C8H6BrF3O2/c9-6-3-1-2-5(4-6)7(13,14)8(10,11)12/h1-4,13-14H. The normalized spacial score (nSPS) is 13.0. The van der Waals surface area contributed by atoms with Crippen LogP contribution in [0.4, 0.5) is 13.2 Å². The zero-order chi connectivity index (χ0) is 11.0. The third kappa shape index (κ3) is 2.08. The Bertz CT molecular complexity index is 336. The Morgan fingerprint density at radius 2 is 1.71 bits per heavy atom. The monoisotopic (exact) mass is 270 g/mol. The third-order valence-corrected chi connectivity index (χ3v) is 2.12. The smallest absolute Gasteiger partial charge is 0.355 e. The first-order chi connectivity index (χ1) is 6.25. The van der Waals surface area contributed by atoms with E-state index in [1.54, 1.807) is 0 Å². The van der Waals surface area contributed by atoms with E-state index >= 15 is 0 Å². The molecule has 0 aliphatic heterocycles. The van der Waals surface area contributed by atoms with E-state index in [2.05, 4.69) is 15.9 Å². The lowest BCUT2D eigenvalue weighted by Gasteiger charge is -2.24. The van der Waals surface area contributed by atoms with E-state index in [1.165, 1.54) is 12.1 Å². The van der Waals surface area contributed by atoms with Crippen LogP contribution in [0.1, 0.15) is 5.56 Å². The minimum absolute atomic E-state index is 0.340. The van der Waals surface area contributed by atoms with Crippen LogP contribution in [0.15, 0.2) is 28.7 Å². The van der Waals surface area contributed by atoms with Crippen LogP contribution in [0.2, 0.25) is 0 Å². The van der Waals surface area contributed by atoms with Crippen LogP contribution in [-0.4, -0.2) is 16.4 Å². The van der Waals surface area contributed by atoms with Gasteiger partial charge in [0.25, 0.3) is 5.79 Å². The predicted molar refractivity (Wildman–Crippen MR) is 46.3 cm³/mol. The van der Waals surface area contributed by atoms with Gasteiger partial charge in [-0.3, -0.25) is 0 Å². The molecule has 0 bridgehead atoms. The maximum atomic E-state index is 12.1. The van der Waals surface area contributed by atoms with Gasteiger partial charge in [0.2, 0.25) is 0 Å². The Labute approximate surface area is 86.1 Å². The summed E-state index contributed by atoms with van der Waals surface area (Å²) in [6.45, 7) is 0. The summed E-state index contributed by atoms with van der Waals surface area (Å²) in [5, 5.41) is 17.7. The molecule has 1 aromatic carbocycles. The van der Waals surface area contributed by atoms with Gasteiger partial charge in [0, 0.05) is 10.0 Å². The molecule has 6 heteroatoms. The van der Waals surface area contributed by atoms with Crippen molar-refractivity contribution in [1.29, 1.82) is 0 Å². The van der Waals surface area contributed by atoms with Gasteiger partial charge in [0.05, 0.1) is 0 Å². The highest BCUT2D eigenvalue weighted by Gasteiger charge is 2.54. The highest BCUT2D eigenvalue weighted by Crippen LogP contribution is 2.37. The molecule has 2 nitrogen and oxygen atoms in total.